The van der Waals surface area contributed by atoms with Gasteiger partial charge in [-0.3, -0.25) is 0 Å². The van der Waals surface area contributed by atoms with Crippen molar-refractivity contribution in [2.75, 3.05) is 0 Å². The third kappa shape index (κ3) is 12.8. The quantitative estimate of drug-likeness (QED) is 0.123. The van der Waals surface area contributed by atoms with Crippen LogP contribution in [0.3, 0.4) is 0 Å². The van der Waals surface area contributed by atoms with Crippen LogP contribution in [0.25, 0.3) is 0 Å². The Kier molecular flexibility index (Phi) is 16.2. The van der Waals surface area contributed by atoms with Crippen LogP contribution in [0.1, 0.15) is 128 Å². The summed E-state index contributed by atoms with van der Waals surface area (Å²) < 4.78 is 28.8. The normalized spacial score (nSPS) is 13.4. The van der Waals surface area contributed by atoms with Crippen LogP contribution in [-0.4, -0.2) is 0 Å². The van der Waals surface area contributed by atoms with Crippen LogP contribution in [0.2, 0.25) is 0 Å². The molecule has 0 aliphatic carbocycles. The number of benzene rings is 1. The number of unbranched alkanes of at least 4 members (excludes halogenated alkanes) is 14. The Balaban J connectivity index is 2.48. The number of hydrogen-bond acceptors (Lipinski definition) is 3. The molecule has 0 spiro atoms. The average molecular weight is 454 g/mol. The minimum absolute atomic E-state index is 0.234. The van der Waals surface area contributed by atoms with E-state index < -0.39 is 10.5 Å². The highest BCUT2D eigenvalue weighted by atomic mass is 32.3. The SMILES string of the molecule is CCCCCCCCCCc1ccc([S+]([O])(=O)ON)c(CCCCCCCCCC)c1. The molecule has 4 nitrogen and oxygen atoms in total. The van der Waals surface area contributed by atoms with Crippen molar-refractivity contribution in [3.63, 3.8) is 0 Å². The summed E-state index contributed by atoms with van der Waals surface area (Å²) in [4.78, 5) is 0.234. The van der Waals surface area contributed by atoms with Gasteiger partial charge in [-0.2, -0.15) is 5.90 Å². The second-order valence-corrected chi connectivity index (χ2v) is 10.5. The lowest BCUT2D eigenvalue weighted by molar-refractivity contribution is 0.261. The van der Waals surface area contributed by atoms with Crippen LogP contribution in [-0.2, 0) is 36.4 Å². The molecule has 0 aliphatic rings. The Morgan fingerprint density at radius 3 is 1.65 bits per heavy atom. The van der Waals surface area contributed by atoms with E-state index in [1.807, 2.05) is 6.07 Å². The number of aryl methyl sites for hydroxylation is 2. The van der Waals surface area contributed by atoms with Crippen LogP contribution in [0.15, 0.2) is 23.1 Å². The van der Waals surface area contributed by atoms with Crippen LogP contribution in [0.5, 0.6) is 0 Å². The Morgan fingerprint density at radius 2 is 1.16 bits per heavy atom. The van der Waals surface area contributed by atoms with E-state index >= 15 is 0 Å². The molecule has 0 bridgehead atoms. The third-order valence-electron chi connectivity index (χ3n) is 6.14. The van der Waals surface area contributed by atoms with E-state index in [1.165, 1.54) is 89.0 Å². The van der Waals surface area contributed by atoms with Crippen LogP contribution in [0, 0.1) is 0 Å². The maximum Gasteiger partial charge on any atom is 0.447 e. The van der Waals surface area contributed by atoms with Gasteiger partial charge in [-0.25, -0.2) is 0 Å². The largest absolute Gasteiger partial charge is 0.447 e. The zero-order valence-corrected chi connectivity index (χ0v) is 21.0. The summed E-state index contributed by atoms with van der Waals surface area (Å²) >= 11 is 0. The summed E-state index contributed by atoms with van der Waals surface area (Å²) in [5.74, 6) is 5.05. The summed E-state index contributed by atoms with van der Waals surface area (Å²) in [6.45, 7) is 4.48. The maximum atomic E-state index is 12.2. The van der Waals surface area contributed by atoms with E-state index in [0.717, 1.165) is 37.7 Å². The molecule has 31 heavy (non-hydrogen) atoms. The third-order valence-corrected chi connectivity index (χ3v) is 7.33. The van der Waals surface area contributed by atoms with E-state index in [4.69, 9.17) is 5.90 Å². The zero-order valence-electron chi connectivity index (χ0n) is 20.2. The van der Waals surface area contributed by atoms with E-state index in [1.54, 1.807) is 6.07 Å². The zero-order chi connectivity index (χ0) is 22.8. The van der Waals surface area contributed by atoms with Crippen molar-refractivity contribution in [1.29, 1.82) is 0 Å². The van der Waals surface area contributed by atoms with E-state index in [2.05, 4.69) is 24.2 Å². The number of hydrogen-bond donors (Lipinski definition) is 1. The van der Waals surface area contributed by atoms with Crippen LogP contribution in [0.4, 0.5) is 0 Å². The first-order valence-electron chi connectivity index (χ1n) is 12.8. The molecule has 0 fully saturated rings. The van der Waals surface area contributed by atoms with Gasteiger partial charge in [-0.1, -0.05) is 116 Å². The Bertz CT molecular complexity index is 621. The predicted octanol–water partition coefficient (Wildman–Crippen LogP) is 8.06. The average Bonchev–Trinajstić information content (AvgIpc) is 2.77. The van der Waals surface area contributed by atoms with Gasteiger partial charge in [-0.15, -0.1) is 0 Å². The molecule has 5 heteroatoms. The summed E-state index contributed by atoms with van der Waals surface area (Å²) in [6, 6.07) is 5.67. The fourth-order valence-corrected chi connectivity index (χ4v) is 5.01. The molecule has 1 rings (SSSR count). The van der Waals surface area contributed by atoms with Gasteiger partial charge in [0.05, 0.1) is 4.55 Å². The smallest absolute Gasteiger partial charge is 0.160 e. The molecule has 1 aromatic carbocycles. The first-order chi connectivity index (χ1) is 15.0. The predicted molar refractivity (Wildman–Crippen MR) is 131 cm³/mol. The highest BCUT2D eigenvalue weighted by molar-refractivity contribution is 7.93. The van der Waals surface area contributed by atoms with Crippen LogP contribution < -0.4 is 5.90 Å². The lowest BCUT2D eigenvalue weighted by atomic mass is 9.99. The molecule has 0 saturated carbocycles. The van der Waals surface area contributed by atoms with Gasteiger partial charge in [0.25, 0.3) is 0 Å². The molecular weight excluding hydrogens is 406 g/mol. The van der Waals surface area contributed by atoms with Gasteiger partial charge in [0, 0.05) is 11.6 Å². The molecule has 2 N–H and O–H groups in total. The second kappa shape index (κ2) is 17.8. The molecule has 0 amide bonds. The lowest BCUT2D eigenvalue weighted by Gasteiger charge is -2.09. The van der Waals surface area contributed by atoms with Crippen molar-refractivity contribution in [2.24, 2.45) is 5.90 Å². The van der Waals surface area contributed by atoms with Crippen molar-refractivity contribution in [1.82, 2.24) is 0 Å². The Labute approximate surface area is 193 Å². The highest BCUT2D eigenvalue weighted by Gasteiger charge is 2.37. The fourth-order valence-electron chi connectivity index (χ4n) is 4.19. The van der Waals surface area contributed by atoms with Crippen molar-refractivity contribution in [3.8, 4) is 0 Å². The van der Waals surface area contributed by atoms with Gasteiger partial charge < -0.3 is 0 Å². The molecule has 1 atom stereocenters. The minimum atomic E-state index is -3.87. The van der Waals surface area contributed by atoms with Crippen molar-refractivity contribution in [2.45, 2.75) is 134 Å². The van der Waals surface area contributed by atoms with Gasteiger partial charge >= 0.3 is 10.5 Å². The summed E-state index contributed by atoms with van der Waals surface area (Å²) in [7, 11) is -3.87. The molecule has 1 radical (unpaired) electrons. The second-order valence-electron chi connectivity index (χ2n) is 8.94. The van der Waals surface area contributed by atoms with Gasteiger partial charge in [-0.05, 0) is 39.7 Å². The molecule has 179 valence electrons. The number of nitrogens with two attached hydrogens (primary N) is 1. The van der Waals surface area contributed by atoms with E-state index in [9.17, 15) is 8.76 Å². The maximum absolute atomic E-state index is 12.2. The minimum Gasteiger partial charge on any atom is -0.160 e. The lowest BCUT2D eigenvalue weighted by Crippen LogP contribution is -2.19. The van der Waals surface area contributed by atoms with Crippen molar-refractivity contribution >= 4 is 10.5 Å². The molecule has 0 heterocycles. The topological polar surface area (TPSA) is 72.2 Å². The molecule has 1 unspecified atom stereocenters. The van der Waals surface area contributed by atoms with Crippen LogP contribution >= 0.6 is 0 Å². The molecule has 1 aromatic rings. The number of rotatable bonds is 20. The van der Waals surface area contributed by atoms with E-state index in [0.29, 0.717) is 0 Å². The van der Waals surface area contributed by atoms with Crippen molar-refractivity contribution < 1.29 is 13.0 Å². The monoisotopic (exact) mass is 453 g/mol. The summed E-state index contributed by atoms with van der Waals surface area (Å²) in [5, 5.41) is 0. The Morgan fingerprint density at radius 1 is 0.710 bits per heavy atom. The van der Waals surface area contributed by atoms with Gasteiger partial charge in [0.2, 0.25) is 4.90 Å². The molecule has 0 aromatic heterocycles. The Hall–Kier alpha value is -0.750. The van der Waals surface area contributed by atoms with E-state index in [-0.39, 0.29) is 4.90 Å². The molecule has 0 aliphatic heterocycles. The standard InChI is InChI=1S/C26H47NO3S/c1-3-5-7-9-11-13-15-17-19-24-21-22-26(31(28,29)30-27)25(23-24)20-18-16-14-12-10-8-6-4-2/h21-23H,3-20,27H2,1-2H3/q+1. The molecular formula is C26H47NO3S+. The fraction of sp³-hybridized carbons (Fsp3) is 0.769. The van der Waals surface area contributed by atoms with Gasteiger partial charge in [0.1, 0.15) is 0 Å². The summed E-state index contributed by atoms with van der Waals surface area (Å²) in [6.07, 6.45) is 22.0. The molecule has 0 saturated heterocycles. The highest BCUT2D eigenvalue weighted by Crippen LogP contribution is 2.26. The summed E-state index contributed by atoms with van der Waals surface area (Å²) in [5.41, 5.74) is 2.07. The van der Waals surface area contributed by atoms with Gasteiger partial charge in [0.15, 0.2) is 0 Å². The first-order valence-corrected chi connectivity index (χ1v) is 14.2. The first kappa shape index (κ1) is 28.3. The van der Waals surface area contributed by atoms with Crippen molar-refractivity contribution in [3.05, 3.63) is 29.3 Å².